The molecule has 0 saturated carbocycles. The number of carbonyl (C=O) groups excluding carboxylic acids is 2. The van der Waals surface area contributed by atoms with Crippen molar-refractivity contribution in [2.45, 2.75) is 154 Å². The second-order valence-electron chi connectivity index (χ2n) is 13.3. The summed E-state index contributed by atoms with van der Waals surface area (Å²) in [7, 11) is -4.64. The van der Waals surface area contributed by atoms with E-state index in [0.29, 0.717) is 12.8 Å². The number of carbonyl (C=O) groups is 2. The van der Waals surface area contributed by atoms with Crippen molar-refractivity contribution < 1.29 is 47.8 Å². The topological polar surface area (TPSA) is 149 Å². The summed E-state index contributed by atoms with van der Waals surface area (Å²) in [5.41, 5.74) is 0. The zero-order valence-corrected chi connectivity index (χ0v) is 34.7. The van der Waals surface area contributed by atoms with Crippen molar-refractivity contribution >= 4 is 19.8 Å². The molecule has 0 fully saturated rings. The lowest BCUT2D eigenvalue weighted by Crippen LogP contribution is -2.29. The lowest BCUT2D eigenvalue weighted by atomic mass is 10.1. The first kappa shape index (κ1) is 52.2. The van der Waals surface area contributed by atoms with Gasteiger partial charge in [-0.2, -0.15) is 0 Å². The minimum Gasteiger partial charge on any atom is -0.462 e. The molecule has 0 aliphatic heterocycles. The Morgan fingerprint density at radius 1 is 0.564 bits per heavy atom. The number of phosphoric ester groups is 1. The number of hydrogen-bond acceptors (Lipinski definition) is 9. The largest absolute Gasteiger partial charge is 0.472 e. The molecule has 55 heavy (non-hydrogen) atoms. The highest BCUT2D eigenvalue weighted by Crippen LogP contribution is 2.43. The van der Waals surface area contributed by atoms with Crippen molar-refractivity contribution in [3.63, 3.8) is 0 Å². The van der Waals surface area contributed by atoms with Gasteiger partial charge in [0.1, 0.15) is 12.7 Å². The lowest BCUT2D eigenvalue weighted by molar-refractivity contribution is -0.161. The molecule has 0 rings (SSSR count). The number of esters is 2. The minimum atomic E-state index is -4.64. The number of aliphatic hydroxyl groups excluding tert-OH is 2. The highest BCUT2D eigenvalue weighted by Gasteiger charge is 2.27. The SMILES string of the molecule is CC/C=C\C/C=C\C/C=C\C/C=C\C/C=C\C/C=C\CCC(=O)OC(COC(=O)CCCCCCC/C=C\CCCCCC)COP(=O)(O)OCC(O)CO. The number of unbranched alkanes of at least 4 members (excludes halogenated alkanes) is 9. The first-order chi connectivity index (χ1) is 26.7. The number of aliphatic hydroxyl groups is 2. The van der Waals surface area contributed by atoms with Gasteiger partial charge in [0.2, 0.25) is 0 Å². The van der Waals surface area contributed by atoms with E-state index in [0.717, 1.165) is 77.0 Å². The molecule has 0 aromatic rings. The van der Waals surface area contributed by atoms with Crippen molar-refractivity contribution in [1.29, 1.82) is 0 Å². The third-order valence-corrected chi connectivity index (χ3v) is 9.00. The van der Waals surface area contributed by atoms with Crippen LogP contribution in [0.5, 0.6) is 0 Å². The van der Waals surface area contributed by atoms with E-state index in [9.17, 15) is 24.2 Å². The van der Waals surface area contributed by atoms with Crippen LogP contribution in [0.1, 0.15) is 142 Å². The fourth-order valence-electron chi connectivity index (χ4n) is 4.89. The van der Waals surface area contributed by atoms with Crippen molar-refractivity contribution in [3.05, 3.63) is 85.1 Å². The third-order valence-electron chi connectivity index (χ3n) is 8.05. The Bertz CT molecular complexity index is 1190. The summed E-state index contributed by atoms with van der Waals surface area (Å²) in [5.74, 6) is -1.04. The maximum atomic E-state index is 12.6. The number of ether oxygens (including phenoxy) is 2. The second-order valence-corrected chi connectivity index (χ2v) is 14.7. The van der Waals surface area contributed by atoms with Gasteiger partial charge in [0.15, 0.2) is 6.10 Å². The van der Waals surface area contributed by atoms with Crippen LogP contribution in [0.15, 0.2) is 85.1 Å². The summed E-state index contributed by atoms with van der Waals surface area (Å²) in [5, 5.41) is 18.3. The van der Waals surface area contributed by atoms with E-state index in [1.807, 2.05) is 12.2 Å². The minimum absolute atomic E-state index is 0.0529. The van der Waals surface area contributed by atoms with Gasteiger partial charge in [-0.05, 0) is 77.0 Å². The first-order valence-electron chi connectivity index (χ1n) is 20.5. The van der Waals surface area contributed by atoms with E-state index in [1.165, 1.54) is 25.7 Å². The fraction of sp³-hybridized carbons (Fsp3) is 0.636. The molecule has 0 aliphatic rings. The number of phosphoric acid groups is 1. The lowest BCUT2D eigenvalue weighted by Gasteiger charge is -2.20. The average Bonchev–Trinajstić information content (AvgIpc) is 3.17. The molecule has 3 N–H and O–H groups in total. The maximum Gasteiger partial charge on any atom is 0.472 e. The van der Waals surface area contributed by atoms with Crippen LogP contribution in [0, 0.1) is 0 Å². The van der Waals surface area contributed by atoms with Gasteiger partial charge in [-0.15, -0.1) is 0 Å². The quantitative estimate of drug-likeness (QED) is 0.0240. The van der Waals surface area contributed by atoms with E-state index in [2.05, 4.69) is 91.3 Å². The predicted octanol–water partition coefficient (Wildman–Crippen LogP) is 10.7. The Hall–Kier alpha value is -2.85. The monoisotopic (exact) mass is 792 g/mol. The fourth-order valence-corrected chi connectivity index (χ4v) is 5.68. The highest BCUT2D eigenvalue weighted by molar-refractivity contribution is 7.47. The molecule has 10 nitrogen and oxygen atoms in total. The number of allylic oxidation sites excluding steroid dienone is 14. The predicted molar refractivity (Wildman–Crippen MR) is 223 cm³/mol. The summed E-state index contributed by atoms with van der Waals surface area (Å²) in [4.78, 5) is 34.9. The van der Waals surface area contributed by atoms with Crippen LogP contribution in [0.3, 0.4) is 0 Å². The van der Waals surface area contributed by atoms with Gasteiger partial charge in [-0.25, -0.2) is 4.57 Å². The summed E-state index contributed by atoms with van der Waals surface area (Å²) in [6.45, 7) is 2.13. The molecular formula is C44H73O10P. The van der Waals surface area contributed by atoms with Crippen molar-refractivity contribution in [1.82, 2.24) is 0 Å². The Morgan fingerprint density at radius 3 is 1.58 bits per heavy atom. The molecule has 3 unspecified atom stereocenters. The van der Waals surface area contributed by atoms with Gasteiger partial charge < -0.3 is 24.6 Å². The van der Waals surface area contributed by atoms with Crippen LogP contribution in [0.25, 0.3) is 0 Å². The molecule has 0 saturated heterocycles. The van der Waals surface area contributed by atoms with Crippen LogP contribution < -0.4 is 0 Å². The normalized spacial score (nSPS) is 14.8. The highest BCUT2D eigenvalue weighted by atomic mass is 31.2. The molecule has 0 radical (unpaired) electrons. The molecule has 0 bridgehead atoms. The van der Waals surface area contributed by atoms with Gasteiger partial charge in [-0.1, -0.05) is 137 Å². The van der Waals surface area contributed by atoms with Gasteiger partial charge >= 0.3 is 19.8 Å². The molecule has 0 spiro atoms. The van der Waals surface area contributed by atoms with Crippen LogP contribution in [-0.4, -0.2) is 65.7 Å². The molecular weight excluding hydrogens is 719 g/mol. The molecule has 0 aromatic carbocycles. The van der Waals surface area contributed by atoms with E-state index in [4.69, 9.17) is 19.1 Å². The second kappa shape index (κ2) is 39.4. The number of rotatable bonds is 37. The summed E-state index contributed by atoms with van der Waals surface area (Å²) in [6, 6.07) is 0. The first-order valence-corrected chi connectivity index (χ1v) is 22.0. The van der Waals surface area contributed by atoms with Gasteiger partial charge in [0.25, 0.3) is 0 Å². The standard InChI is InChI=1S/C44H73O10P/c1-3-5-7-9-11-13-15-17-18-19-20-21-22-24-26-28-30-32-34-36-44(48)54-42(40-53-55(49,50)52-38-41(46)37-45)39-51-43(47)35-33-31-29-27-25-23-16-14-12-10-8-6-4-2/h5,7,11,13-14,16-18,20-21,24,26,30,32,41-42,45-46H,3-4,6,8-10,12,15,19,22-23,25,27-29,31,33-40H2,1-2H3,(H,49,50)/b7-5-,13-11-,16-14-,18-17-,21-20-,26-24-,32-30-. The Kier molecular flexibility index (Phi) is 37.3. The third kappa shape index (κ3) is 39.2. The van der Waals surface area contributed by atoms with Gasteiger partial charge in [0, 0.05) is 12.8 Å². The van der Waals surface area contributed by atoms with E-state index >= 15 is 0 Å². The maximum absolute atomic E-state index is 12.6. The molecule has 3 atom stereocenters. The Labute approximate surface area is 332 Å². The summed E-state index contributed by atoms with van der Waals surface area (Å²) < 4.78 is 32.5. The zero-order valence-electron chi connectivity index (χ0n) is 33.9. The van der Waals surface area contributed by atoms with Crippen LogP contribution in [-0.2, 0) is 32.7 Å². The Morgan fingerprint density at radius 2 is 1.04 bits per heavy atom. The molecule has 11 heteroatoms. The van der Waals surface area contributed by atoms with Crippen molar-refractivity contribution in [2.24, 2.45) is 0 Å². The zero-order chi connectivity index (χ0) is 40.5. The van der Waals surface area contributed by atoms with Crippen LogP contribution >= 0.6 is 7.82 Å². The van der Waals surface area contributed by atoms with Gasteiger partial charge in [0.05, 0.1) is 19.8 Å². The van der Waals surface area contributed by atoms with Crippen molar-refractivity contribution in [3.8, 4) is 0 Å². The smallest absolute Gasteiger partial charge is 0.462 e. The molecule has 0 heterocycles. The van der Waals surface area contributed by atoms with Crippen LogP contribution in [0.4, 0.5) is 0 Å². The van der Waals surface area contributed by atoms with E-state index < -0.39 is 51.8 Å². The average molecular weight is 793 g/mol. The van der Waals surface area contributed by atoms with E-state index in [1.54, 1.807) is 0 Å². The summed E-state index contributed by atoms with van der Waals surface area (Å²) in [6.07, 6.45) is 45.6. The van der Waals surface area contributed by atoms with Gasteiger partial charge in [-0.3, -0.25) is 18.6 Å². The molecule has 314 valence electrons. The molecule has 0 aromatic heterocycles. The van der Waals surface area contributed by atoms with Crippen LogP contribution in [0.2, 0.25) is 0 Å². The number of hydrogen-bond donors (Lipinski definition) is 3. The molecule has 0 amide bonds. The van der Waals surface area contributed by atoms with Crippen molar-refractivity contribution in [2.75, 3.05) is 26.4 Å². The Balaban J connectivity index is 4.50. The van der Waals surface area contributed by atoms with E-state index in [-0.39, 0.29) is 19.4 Å². The summed E-state index contributed by atoms with van der Waals surface area (Å²) >= 11 is 0. The molecule has 0 aliphatic carbocycles.